The van der Waals surface area contributed by atoms with E-state index in [2.05, 4.69) is 0 Å². The van der Waals surface area contributed by atoms with Gasteiger partial charge in [-0.1, -0.05) is 45.1 Å². The van der Waals surface area contributed by atoms with Crippen LogP contribution in [-0.2, 0) is 0 Å². The Morgan fingerprint density at radius 1 is 1.19 bits per heavy atom. The van der Waals surface area contributed by atoms with Crippen molar-refractivity contribution in [1.29, 1.82) is 0 Å². The van der Waals surface area contributed by atoms with Gasteiger partial charge < -0.3 is 10.2 Å². The molecule has 0 aliphatic heterocycles. The van der Waals surface area contributed by atoms with Crippen LogP contribution in [0.2, 0.25) is 0 Å². The second kappa shape index (κ2) is 4.56. The maximum Gasteiger partial charge on any atom is 0.335 e. The van der Waals surface area contributed by atoms with Gasteiger partial charge in [-0.25, -0.2) is 4.79 Å². The van der Waals surface area contributed by atoms with Gasteiger partial charge in [-0.2, -0.15) is 0 Å². The highest BCUT2D eigenvalue weighted by atomic mass is 16.4. The number of hydrogen-bond donors (Lipinski definition) is 1. The molecule has 0 aliphatic carbocycles. The maximum absolute atomic E-state index is 11.8. The van der Waals surface area contributed by atoms with Crippen LogP contribution in [0.15, 0.2) is 12.1 Å². The van der Waals surface area contributed by atoms with Crippen LogP contribution in [0, 0.1) is 0 Å². The summed E-state index contributed by atoms with van der Waals surface area (Å²) in [6.07, 6.45) is 0. The van der Waals surface area contributed by atoms with E-state index in [1.54, 1.807) is 0 Å². The quantitative estimate of drug-likeness (QED) is 0.853. The van der Waals surface area contributed by atoms with Crippen molar-refractivity contribution in [3.05, 3.63) is 28.8 Å². The summed E-state index contributed by atoms with van der Waals surface area (Å²) in [5.41, 5.74) is 1.37. The number of carboxylic acid groups (broad SMARTS) is 1. The molecule has 0 spiro atoms. The summed E-state index contributed by atoms with van der Waals surface area (Å²) in [5.74, 6) is -1.23. The maximum atomic E-state index is 11.8. The smallest absolute Gasteiger partial charge is 0.335 e. The van der Waals surface area contributed by atoms with Crippen molar-refractivity contribution in [3.8, 4) is 5.75 Å². The molecule has 88 valence electrons. The summed E-state index contributed by atoms with van der Waals surface area (Å²) in [4.78, 5) is 11.0. The van der Waals surface area contributed by atoms with E-state index < -0.39 is 5.97 Å². The van der Waals surface area contributed by atoms with E-state index in [0.717, 1.165) is 5.56 Å². The van der Waals surface area contributed by atoms with Gasteiger partial charge in [-0.05, 0) is 23.5 Å². The molecule has 3 nitrogen and oxygen atoms in total. The Labute approximate surface area is 95.7 Å². The van der Waals surface area contributed by atoms with Gasteiger partial charge in [0.1, 0.15) is 0 Å². The lowest BCUT2D eigenvalue weighted by Crippen LogP contribution is -2.09. The fourth-order valence-corrected chi connectivity index (χ4v) is 1.60. The van der Waals surface area contributed by atoms with Gasteiger partial charge in [0, 0.05) is 0 Å². The molecule has 0 fully saturated rings. The Morgan fingerprint density at radius 2 is 1.75 bits per heavy atom. The van der Waals surface area contributed by atoms with Crippen molar-refractivity contribution in [2.24, 2.45) is 0 Å². The molecular formula is C13H17O3-. The molecular weight excluding hydrogens is 204 g/mol. The zero-order valence-corrected chi connectivity index (χ0v) is 10.1. The number of rotatable bonds is 3. The van der Waals surface area contributed by atoms with E-state index in [1.165, 1.54) is 6.07 Å². The highest BCUT2D eigenvalue weighted by molar-refractivity contribution is 5.91. The van der Waals surface area contributed by atoms with Crippen LogP contribution in [0.3, 0.4) is 0 Å². The third-order valence-electron chi connectivity index (χ3n) is 2.66. The van der Waals surface area contributed by atoms with Crippen LogP contribution in [0.5, 0.6) is 5.75 Å². The Balaban J connectivity index is 3.45. The van der Waals surface area contributed by atoms with E-state index >= 15 is 0 Å². The number of hydrogen-bond acceptors (Lipinski definition) is 2. The standard InChI is InChI=1S/C13H18O3/c1-7(2)9-5-10(8(3)4)12(14)11(6-9)13(15)16/h5-8,14H,1-4H3,(H,15,16)/p-1. The van der Waals surface area contributed by atoms with Gasteiger partial charge in [0.25, 0.3) is 0 Å². The molecule has 0 atom stereocenters. The van der Waals surface area contributed by atoms with E-state index in [1.807, 2.05) is 33.8 Å². The summed E-state index contributed by atoms with van der Waals surface area (Å²) < 4.78 is 0. The van der Waals surface area contributed by atoms with Gasteiger partial charge >= 0.3 is 5.97 Å². The second-order valence-electron chi connectivity index (χ2n) is 4.60. The molecule has 3 heteroatoms. The Kier molecular flexibility index (Phi) is 3.58. The molecule has 0 saturated heterocycles. The van der Waals surface area contributed by atoms with Crippen molar-refractivity contribution in [2.45, 2.75) is 39.5 Å². The molecule has 0 amide bonds. The van der Waals surface area contributed by atoms with E-state index in [4.69, 9.17) is 5.11 Å². The van der Waals surface area contributed by atoms with Crippen LogP contribution < -0.4 is 5.11 Å². The second-order valence-corrected chi connectivity index (χ2v) is 4.60. The van der Waals surface area contributed by atoms with Crippen molar-refractivity contribution in [1.82, 2.24) is 0 Å². The molecule has 0 bridgehead atoms. The molecule has 1 aromatic carbocycles. The van der Waals surface area contributed by atoms with E-state index in [9.17, 15) is 9.90 Å². The summed E-state index contributed by atoms with van der Waals surface area (Å²) in [6, 6.07) is 3.31. The Hall–Kier alpha value is -1.51. The highest BCUT2D eigenvalue weighted by Crippen LogP contribution is 2.31. The SMILES string of the molecule is CC(C)c1cc(C(=O)O)c([O-])c(C(C)C)c1. The normalized spacial score (nSPS) is 11.1. The lowest BCUT2D eigenvalue weighted by Gasteiger charge is -2.22. The van der Waals surface area contributed by atoms with Crippen LogP contribution in [0.25, 0.3) is 0 Å². The van der Waals surface area contributed by atoms with Gasteiger partial charge in [-0.15, -0.1) is 0 Å². The fourth-order valence-electron chi connectivity index (χ4n) is 1.60. The fraction of sp³-hybridized carbons (Fsp3) is 0.462. The summed E-state index contributed by atoms with van der Waals surface area (Å²) in [5, 5.41) is 20.8. The molecule has 1 rings (SSSR count). The molecule has 16 heavy (non-hydrogen) atoms. The molecule has 0 heterocycles. The topological polar surface area (TPSA) is 60.4 Å². The van der Waals surface area contributed by atoms with Crippen molar-refractivity contribution in [3.63, 3.8) is 0 Å². The predicted molar refractivity (Wildman–Crippen MR) is 61.0 cm³/mol. The summed E-state index contributed by atoms with van der Waals surface area (Å²) in [7, 11) is 0. The first-order valence-electron chi connectivity index (χ1n) is 5.42. The van der Waals surface area contributed by atoms with Crippen LogP contribution in [0.1, 0.15) is 61.0 Å². The van der Waals surface area contributed by atoms with Crippen molar-refractivity contribution >= 4 is 5.97 Å². The van der Waals surface area contributed by atoms with Gasteiger partial charge in [0.05, 0.1) is 5.56 Å². The van der Waals surface area contributed by atoms with Gasteiger partial charge in [0.15, 0.2) is 0 Å². The first-order valence-corrected chi connectivity index (χ1v) is 5.42. The third kappa shape index (κ3) is 2.35. The van der Waals surface area contributed by atoms with Crippen LogP contribution in [0.4, 0.5) is 0 Å². The van der Waals surface area contributed by atoms with Gasteiger partial charge in [0.2, 0.25) is 0 Å². The zero-order chi connectivity index (χ0) is 12.5. The number of carbonyl (C=O) groups is 1. The molecule has 0 unspecified atom stereocenters. The average molecular weight is 221 g/mol. The molecule has 1 N–H and O–H groups in total. The number of aromatic carboxylic acids is 1. The highest BCUT2D eigenvalue weighted by Gasteiger charge is 2.13. The summed E-state index contributed by atoms with van der Waals surface area (Å²) >= 11 is 0. The third-order valence-corrected chi connectivity index (χ3v) is 2.66. The minimum Gasteiger partial charge on any atom is -0.872 e. The number of benzene rings is 1. The molecule has 1 aromatic rings. The average Bonchev–Trinajstić information content (AvgIpc) is 2.16. The first-order chi connectivity index (χ1) is 7.34. The largest absolute Gasteiger partial charge is 0.872 e. The monoisotopic (exact) mass is 221 g/mol. The van der Waals surface area contributed by atoms with Crippen molar-refractivity contribution in [2.75, 3.05) is 0 Å². The van der Waals surface area contributed by atoms with Crippen LogP contribution >= 0.6 is 0 Å². The summed E-state index contributed by atoms with van der Waals surface area (Å²) in [6.45, 7) is 7.75. The van der Waals surface area contributed by atoms with Crippen LogP contribution in [-0.4, -0.2) is 11.1 Å². The van der Waals surface area contributed by atoms with E-state index in [0.29, 0.717) is 5.56 Å². The predicted octanol–water partition coefficient (Wildman–Crippen LogP) is 2.71. The lowest BCUT2D eigenvalue weighted by molar-refractivity contribution is -0.270. The zero-order valence-electron chi connectivity index (χ0n) is 10.1. The Bertz CT molecular complexity index is 406. The molecule has 0 aromatic heterocycles. The van der Waals surface area contributed by atoms with Crippen molar-refractivity contribution < 1.29 is 15.0 Å². The molecule has 0 aliphatic rings. The molecule has 0 saturated carbocycles. The van der Waals surface area contributed by atoms with E-state index in [-0.39, 0.29) is 23.1 Å². The number of carboxylic acids is 1. The Morgan fingerprint density at radius 3 is 2.12 bits per heavy atom. The lowest BCUT2D eigenvalue weighted by atomic mass is 9.92. The van der Waals surface area contributed by atoms with Gasteiger partial charge in [-0.3, -0.25) is 0 Å². The minimum atomic E-state index is -1.14. The molecule has 0 radical (unpaired) electrons. The first kappa shape index (κ1) is 12.6. The minimum absolute atomic E-state index is 0.0456.